The highest BCUT2D eigenvalue weighted by Gasteiger charge is 2.15. The number of aromatic nitrogens is 2. The second-order valence-corrected chi connectivity index (χ2v) is 6.29. The van der Waals surface area contributed by atoms with Crippen molar-refractivity contribution in [3.8, 4) is 0 Å². The average Bonchev–Trinajstić information content (AvgIpc) is 2.56. The minimum absolute atomic E-state index is 0.835. The molecule has 0 amide bonds. The molecule has 0 saturated carbocycles. The number of hydrogen-bond acceptors (Lipinski definition) is 6. The zero-order chi connectivity index (χ0) is 15.4. The Bertz CT molecular complexity index is 625. The van der Waals surface area contributed by atoms with Crippen molar-refractivity contribution in [1.82, 2.24) is 14.9 Å². The van der Waals surface area contributed by atoms with E-state index in [9.17, 15) is 0 Å². The highest BCUT2D eigenvalue weighted by atomic mass is 32.2. The zero-order valence-electron chi connectivity index (χ0n) is 13.0. The monoisotopic (exact) mass is 315 g/mol. The number of nitrogens with zero attached hydrogens (tertiary/aromatic N) is 4. The fraction of sp³-hybridized carbons (Fsp3) is 0.375. The highest BCUT2D eigenvalue weighted by Crippen LogP contribution is 2.23. The molecule has 116 valence electrons. The fourth-order valence-electron chi connectivity index (χ4n) is 2.47. The predicted octanol–water partition coefficient (Wildman–Crippen LogP) is 2.69. The van der Waals surface area contributed by atoms with Crippen molar-refractivity contribution in [1.29, 1.82) is 0 Å². The SMILES string of the molecule is CSc1cccc(Nc2cc(N3CCN(C)CC3)ncn2)c1. The van der Waals surface area contributed by atoms with Crippen LogP contribution in [0.5, 0.6) is 0 Å². The summed E-state index contributed by atoms with van der Waals surface area (Å²) in [6, 6.07) is 10.4. The Labute approximate surface area is 135 Å². The van der Waals surface area contributed by atoms with E-state index >= 15 is 0 Å². The van der Waals surface area contributed by atoms with Gasteiger partial charge in [-0.1, -0.05) is 6.07 Å². The predicted molar refractivity (Wildman–Crippen MR) is 93.2 cm³/mol. The summed E-state index contributed by atoms with van der Waals surface area (Å²) in [6.45, 7) is 4.16. The molecule has 22 heavy (non-hydrogen) atoms. The Kier molecular flexibility index (Phi) is 4.80. The highest BCUT2D eigenvalue weighted by molar-refractivity contribution is 7.98. The summed E-state index contributed by atoms with van der Waals surface area (Å²) in [4.78, 5) is 14.6. The molecular weight excluding hydrogens is 294 g/mol. The first kappa shape index (κ1) is 15.1. The third-order valence-electron chi connectivity index (χ3n) is 3.82. The van der Waals surface area contributed by atoms with Gasteiger partial charge in [-0.05, 0) is 31.5 Å². The standard InChI is InChI=1S/C16H21N5S/c1-20-6-8-21(9-7-20)16-11-15(17-12-18-16)19-13-4-3-5-14(10-13)22-2/h3-5,10-12H,6-9H2,1-2H3,(H,17,18,19). The lowest BCUT2D eigenvalue weighted by atomic mass is 10.3. The first-order valence-corrected chi connectivity index (χ1v) is 8.64. The maximum atomic E-state index is 4.42. The zero-order valence-corrected chi connectivity index (χ0v) is 13.8. The molecule has 1 fully saturated rings. The fourth-order valence-corrected chi connectivity index (χ4v) is 2.93. The molecule has 0 aliphatic carbocycles. The Balaban J connectivity index is 1.73. The molecule has 1 aromatic carbocycles. The smallest absolute Gasteiger partial charge is 0.135 e. The lowest BCUT2D eigenvalue weighted by Crippen LogP contribution is -2.44. The van der Waals surface area contributed by atoms with Crippen molar-refractivity contribution in [3.05, 3.63) is 36.7 Å². The molecule has 0 radical (unpaired) electrons. The number of thioether (sulfide) groups is 1. The van der Waals surface area contributed by atoms with E-state index in [1.807, 2.05) is 6.07 Å². The summed E-state index contributed by atoms with van der Waals surface area (Å²) in [5, 5.41) is 3.37. The van der Waals surface area contributed by atoms with E-state index in [1.165, 1.54) is 4.90 Å². The molecule has 0 atom stereocenters. The van der Waals surface area contributed by atoms with Crippen LogP contribution in [0.4, 0.5) is 17.3 Å². The molecule has 0 unspecified atom stereocenters. The van der Waals surface area contributed by atoms with Crippen LogP contribution in [0.25, 0.3) is 0 Å². The minimum Gasteiger partial charge on any atom is -0.354 e. The second kappa shape index (κ2) is 6.98. The summed E-state index contributed by atoms with van der Waals surface area (Å²) < 4.78 is 0. The van der Waals surface area contributed by atoms with Gasteiger partial charge in [-0.2, -0.15) is 0 Å². The summed E-state index contributed by atoms with van der Waals surface area (Å²) in [5.74, 6) is 1.83. The quantitative estimate of drug-likeness (QED) is 0.875. The van der Waals surface area contributed by atoms with Crippen molar-refractivity contribution in [2.75, 3.05) is 49.7 Å². The molecule has 2 aromatic rings. The third-order valence-corrected chi connectivity index (χ3v) is 4.55. The second-order valence-electron chi connectivity index (χ2n) is 5.41. The molecule has 1 aromatic heterocycles. The Morgan fingerprint density at radius 3 is 2.68 bits per heavy atom. The lowest BCUT2D eigenvalue weighted by molar-refractivity contribution is 0.312. The molecule has 1 aliphatic rings. The van der Waals surface area contributed by atoms with E-state index in [0.29, 0.717) is 0 Å². The largest absolute Gasteiger partial charge is 0.354 e. The lowest BCUT2D eigenvalue weighted by Gasteiger charge is -2.33. The number of benzene rings is 1. The Hall–Kier alpha value is -1.79. The minimum atomic E-state index is 0.835. The van der Waals surface area contributed by atoms with Crippen LogP contribution in [0.15, 0.2) is 41.6 Å². The summed E-state index contributed by atoms with van der Waals surface area (Å²) >= 11 is 1.73. The summed E-state index contributed by atoms with van der Waals surface area (Å²) in [7, 11) is 2.16. The van der Waals surface area contributed by atoms with Crippen molar-refractivity contribution in [3.63, 3.8) is 0 Å². The van der Waals surface area contributed by atoms with Crippen LogP contribution < -0.4 is 10.2 Å². The first-order valence-electron chi connectivity index (χ1n) is 7.41. The Morgan fingerprint density at radius 1 is 1.09 bits per heavy atom. The first-order chi connectivity index (χ1) is 10.7. The van der Waals surface area contributed by atoms with Crippen molar-refractivity contribution in [2.24, 2.45) is 0 Å². The molecule has 5 nitrogen and oxygen atoms in total. The summed E-state index contributed by atoms with van der Waals surface area (Å²) in [6.07, 6.45) is 3.71. The number of nitrogens with one attached hydrogen (secondary N) is 1. The van der Waals surface area contributed by atoms with E-state index in [-0.39, 0.29) is 0 Å². The van der Waals surface area contributed by atoms with E-state index in [0.717, 1.165) is 43.5 Å². The normalized spacial score (nSPS) is 15.8. The van der Waals surface area contributed by atoms with Crippen LogP contribution in [0.3, 0.4) is 0 Å². The number of likely N-dealkylation sites (N-methyl/N-ethyl adjacent to an activating group) is 1. The molecule has 1 aliphatic heterocycles. The Morgan fingerprint density at radius 2 is 1.91 bits per heavy atom. The van der Waals surface area contributed by atoms with Crippen LogP contribution >= 0.6 is 11.8 Å². The van der Waals surface area contributed by atoms with Gasteiger partial charge in [-0.15, -0.1) is 11.8 Å². The van der Waals surface area contributed by atoms with Crippen molar-refractivity contribution >= 4 is 29.1 Å². The molecule has 0 spiro atoms. The van der Waals surface area contributed by atoms with E-state index < -0.39 is 0 Å². The van der Waals surface area contributed by atoms with Gasteiger partial charge in [-0.3, -0.25) is 0 Å². The van der Waals surface area contributed by atoms with Gasteiger partial charge >= 0.3 is 0 Å². The number of piperazine rings is 1. The van der Waals surface area contributed by atoms with Crippen molar-refractivity contribution < 1.29 is 0 Å². The molecule has 1 N–H and O–H groups in total. The third kappa shape index (κ3) is 3.69. The number of hydrogen-bond donors (Lipinski definition) is 1. The van der Waals surface area contributed by atoms with Gasteiger partial charge < -0.3 is 15.1 Å². The number of anilines is 3. The van der Waals surface area contributed by atoms with Gasteiger partial charge in [-0.25, -0.2) is 9.97 Å². The van der Waals surface area contributed by atoms with Crippen molar-refractivity contribution in [2.45, 2.75) is 4.90 Å². The van der Waals surface area contributed by atoms with Gasteiger partial charge in [0.2, 0.25) is 0 Å². The molecule has 2 heterocycles. The molecule has 1 saturated heterocycles. The van der Waals surface area contributed by atoms with Gasteiger partial charge in [0.1, 0.15) is 18.0 Å². The number of rotatable bonds is 4. The molecule has 3 rings (SSSR count). The van der Waals surface area contributed by atoms with E-state index in [1.54, 1.807) is 18.1 Å². The van der Waals surface area contributed by atoms with Crippen LogP contribution in [0.2, 0.25) is 0 Å². The van der Waals surface area contributed by atoms with Gasteiger partial charge in [0, 0.05) is 42.8 Å². The maximum Gasteiger partial charge on any atom is 0.135 e. The van der Waals surface area contributed by atoms with Gasteiger partial charge in [0.25, 0.3) is 0 Å². The summed E-state index contributed by atoms with van der Waals surface area (Å²) in [5.41, 5.74) is 1.05. The molecule has 6 heteroatoms. The van der Waals surface area contributed by atoms with Gasteiger partial charge in [0.05, 0.1) is 0 Å². The van der Waals surface area contributed by atoms with Gasteiger partial charge in [0.15, 0.2) is 0 Å². The topological polar surface area (TPSA) is 44.3 Å². The van der Waals surface area contributed by atoms with E-state index in [2.05, 4.69) is 62.7 Å². The van der Waals surface area contributed by atoms with E-state index in [4.69, 9.17) is 0 Å². The average molecular weight is 315 g/mol. The molecule has 0 bridgehead atoms. The maximum absolute atomic E-state index is 4.42. The molecular formula is C16H21N5S. The van der Waals surface area contributed by atoms with Crippen LogP contribution in [0, 0.1) is 0 Å². The van der Waals surface area contributed by atoms with Crippen LogP contribution in [-0.2, 0) is 0 Å². The van der Waals surface area contributed by atoms with Crippen LogP contribution in [-0.4, -0.2) is 54.4 Å². The van der Waals surface area contributed by atoms with Crippen LogP contribution in [0.1, 0.15) is 0 Å².